The Hall–Kier alpha value is -1.96. The van der Waals surface area contributed by atoms with Gasteiger partial charge in [-0.15, -0.1) is 0 Å². The van der Waals surface area contributed by atoms with E-state index in [4.69, 9.17) is 5.26 Å². The van der Waals surface area contributed by atoms with Crippen molar-refractivity contribution in [3.63, 3.8) is 0 Å². The SMILES string of the molecule is N#CCC(=O)NCc1c(F)cccc1F. The first-order valence-electron chi connectivity index (χ1n) is 4.21. The van der Waals surface area contributed by atoms with Crippen molar-refractivity contribution in [2.24, 2.45) is 0 Å². The van der Waals surface area contributed by atoms with Gasteiger partial charge in [0.2, 0.25) is 5.91 Å². The molecule has 0 aromatic heterocycles. The zero-order valence-corrected chi connectivity index (χ0v) is 7.76. The molecule has 0 atom stereocenters. The second kappa shape index (κ2) is 5.05. The van der Waals surface area contributed by atoms with Crippen molar-refractivity contribution in [2.75, 3.05) is 0 Å². The van der Waals surface area contributed by atoms with Crippen LogP contribution in [0.5, 0.6) is 0 Å². The Morgan fingerprint density at radius 2 is 2.00 bits per heavy atom. The van der Waals surface area contributed by atoms with Crippen LogP contribution in [-0.4, -0.2) is 5.91 Å². The minimum atomic E-state index is -0.716. The lowest BCUT2D eigenvalue weighted by molar-refractivity contribution is -0.120. The van der Waals surface area contributed by atoms with E-state index in [0.29, 0.717) is 0 Å². The second-order valence-electron chi connectivity index (χ2n) is 2.81. The Bertz CT molecular complexity index is 392. The summed E-state index contributed by atoms with van der Waals surface area (Å²) >= 11 is 0. The van der Waals surface area contributed by atoms with Crippen LogP contribution in [0.4, 0.5) is 8.78 Å². The molecule has 0 spiro atoms. The molecule has 0 fully saturated rings. The summed E-state index contributed by atoms with van der Waals surface area (Å²) in [7, 11) is 0. The first-order valence-corrected chi connectivity index (χ1v) is 4.21. The Morgan fingerprint density at radius 3 is 2.53 bits per heavy atom. The van der Waals surface area contributed by atoms with Crippen LogP contribution >= 0.6 is 0 Å². The fraction of sp³-hybridized carbons (Fsp3) is 0.200. The molecule has 1 N–H and O–H groups in total. The highest BCUT2D eigenvalue weighted by atomic mass is 19.1. The Labute approximate surface area is 85.3 Å². The number of rotatable bonds is 3. The lowest BCUT2D eigenvalue weighted by Crippen LogP contribution is -2.23. The molecule has 0 heterocycles. The predicted octanol–water partition coefficient (Wildman–Crippen LogP) is 1.49. The van der Waals surface area contributed by atoms with E-state index in [1.807, 2.05) is 0 Å². The largest absolute Gasteiger partial charge is 0.351 e. The molecule has 15 heavy (non-hydrogen) atoms. The van der Waals surface area contributed by atoms with E-state index in [-0.39, 0.29) is 18.5 Å². The average molecular weight is 210 g/mol. The van der Waals surface area contributed by atoms with E-state index in [1.54, 1.807) is 6.07 Å². The zero-order valence-electron chi connectivity index (χ0n) is 7.76. The highest BCUT2D eigenvalue weighted by molar-refractivity contribution is 5.77. The third kappa shape index (κ3) is 3.02. The molecule has 0 aliphatic heterocycles. The van der Waals surface area contributed by atoms with Crippen LogP contribution in [0.2, 0.25) is 0 Å². The summed E-state index contributed by atoms with van der Waals surface area (Å²) in [5, 5.41) is 10.4. The van der Waals surface area contributed by atoms with E-state index in [0.717, 1.165) is 12.1 Å². The maximum absolute atomic E-state index is 13.0. The molecule has 0 unspecified atom stereocenters. The Kier molecular flexibility index (Phi) is 3.75. The molecule has 5 heteroatoms. The van der Waals surface area contributed by atoms with E-state index in [9.17, 15) is 13.6 Å². The number of nitriles is 1. The lowest BCUT2D eigenvalue weighted by atomic mass is 10.2. The molecule has 0 bridgehead atoms. The van der Waals surface area contributed by atoms with Crippen LogP contribution in [0, 0.1) is 23.0 Å². The molecule has 3 nitrogen and oxygen atoms in total. The van der Waals surface area contributed by atoms with Gasteiger partial charge in [-0.05, 0) is 12.1 Å². The second-order valence-corrected chi connectivity index (χ2v) is 2.81. The molecule has 0 aliphatic rings. The van der Waals surface area contributed by atoms with Crippen molar-refractivity contribution in [2.45, 2.75) is 13.0 Å². The normalized spacial score (nSPS) is 9.40. The molecular formula is C10H8F2N2O. The molecule has 78 valence electrons. The van der Waals surface area contributed by atoms with Gasteiger partial charge in [-0.25, -0.2) is 8.78 Å². The molecule has 1 aromatic carbocycles. The van der Waals surface area contributed by atoms with Crippen LogP contribution in [-0.2, 0) is 11.3 Å². The smallest absolute Gasteiger partial charge is 0.234 e. The topological polar surface area (TPSA) is 52.9 Å². The van der Waals surface area contributed by atoms with Crippen molar-refractivity contribution in [1.29, 1.82) is 5.26 Å². The standard InChI is InChI=1S/C10H8F2N2O/c11-8-2-1-3-9(12)7(8)6-14-10(15)4-5-13/h1-3H,4,6H2,(H,14,15). The maximum atomic E-state index is 13.0. The van der Waals surface area contributed by atoms with Crippen LogP contribution in [0.3, 0.4) is 0 Å². The average Bonchev–Trinajstić information content (AvgIpc) is 2.17. The molecule has 0 radical (unpaired) electrons. The van der Waals surface area contributed by atoms with Crippen molar-refractivity contribution in [3.05, 3.63) is 35.4 Å². The van der Waals surface area contributed by atoms with Crippen molar-refractivity contribution in [1.82, 2.24) is 5.32 Å². The van der Waals surface area contributed by atoms with E-state index in [2.05, 4.69) is 5.32 Å². The highest BCUT2D eigenvalue weighted by Crippen LogP contribution is 2.11. The van der Waals surface area contributed by atoms with Gasteiger partial charge in [0, 0.05) is 12.1 Å². The van der Waals surface area contributed by atoms with Crippen LogP contribution < -0.4 is 5.32 Å². The highest BCUT2D eigenvalue weighted by Gasteiger charge is 2.09. The Balaban J connectivity index is 2.66. The van der Waals surface area contributed by atoms with Gasteiger partial charge in [-0.3, -0.25) is 4.79 Å². The number of carbonyl (C=O) groups excluding carboxylic acids is 1. The monoisotopic (exact) mass is 210 g/mol. The molecule has 1 aromatic rings. The summed E-state index contributed by atoms with van der Waals surface area (Å²) in [4.78, 5) is 10.9. The third-order valence-corrected chi connectivity index (χ3v) is 1.76. The lowest BCUT2D eigenvalue weighted by Gasteiger charge is -2.05. The molecule has 0 saturated carbocycles. The summed E-state index contributed by atoms with van der Waals surface area (Å²) in [6.45, 7) is -0.251. The number of hydrogen-bond donors (Lipinski definition) is 1. The quantitative estimate of drug-likeness (QED) is 0.821. The van der Waals surface area contributed by atoms with Gasteiger partial charge in [0.15, 0.2) is 0 Å². The number of benzene rings is 1. The van der Waals surface area contributed by atoms with E-state index in [1.165, 1.54) is 6.07 Å². The van der Waals surface area contributed by atoms with Gasteiger partial charge in [0.1, 0.15) is 18.1 Å². The van der Waals surface area contributed by atoms with Crippen LogP contribution in [0.15, 0.2) is 18.2 Å². The number of nitrogens with one attached hydrogen (secondary N) is 1. The van der Waals surface area contributed by atoms with Gasteiger partial charge in [-0.2, -0.15) is 5.26 Å². The first kappa shape index (κ1) is 11.1. The minimum Gasteiger partial charge on any atom is -0.351 e. The minimum absolute atomic E-state index is 0.205. The van der Waals surface area contributed by atoms with Gasteiger partial charge < -0.3 is 5.32 Å². The van der Waals surface area contributed by atoms with Crippen molar-refractivity contribution in [3.8, 4) is 6.07 Å². The fourth-order valence-corrected chi connectivity index (χ4v) is 1.02. The molecule has 0 saturated heterocycles. The number of amides is 1. The van der Waals surface area contributed by atoms with Crippen LogP contribution in [0.25, 0.3) is 0 Å². The first-order chi connectivity index (χ1) is 7.15. The van der Waals surface area contributed by atoms with Gasteiger partial charge in [0.05, 0.1) is 6.07 Å². The Morgan fingerprint density at radius 1 is 1.40 bits per heavy atom. The summed E-state index contributed by atoms with van der Waals surface area (Å²) in [5.41, 5.74) is -0.205. The van der Waals surface area contributed by atoms with E-state index >= 15 is 0 Å². The molecule has 1 rings (SSSR count). The zero-order chi connectivity index (χ0) is 11.3. The van der Waals surface area contributed by atoms with Crippen LogP contribution in [0.1, 0.15) is 12.0 Å². The predicted molar refractivity (Wildman–Crippen MR) is 48.4 cm³/mol. The number of nitrogens with zero attached hydrogens (tertiary/aromatic N) is 1. The van der Waals surface area contributed by atoms with Crippen molar-refractivity contribution >= 4 is 5.91 Å². The maximum Gasteiger partial charge on any atom is 0.234 e. The van der Waals surface area contributed by atoms with E-state index < -0.39 is 17.5 Å². The number of hydrogen-bond acceptors (Lipinski definition) is 2. The molecule has 1 amide bonds. The van der Waals surface area contributed by atoms with Gasteiger partial charge >= 0.3 is 0 Å². The molecular weight excluding hydrogens is 202 g/mol. The van der Waals surface area contributed by atoms with Crippen molar-refractivity contribution < 1.29 is 13.6 Å². The summed E-state index contributed by atoms with van der Waals surface area (Å²) in [6.07, 6.45) is -0.323. The number of carbonyl (C=O) groups is 1. The fourth-order valence-electron chi connectivity index (χ4n) is 1.02. The summed E-state index contributed by atoms with van der Waals surface area (Å²) < 4.78 is 26.1. The summed E-state index contributed by atoms with van der Waals surface area (Å²) in [5.74, 6) is -1.99. The van der Waals surface area contributed by atoms with Gasteiger partial charge in [0.25, 0.3) is 0 Å². The third-order valence-electron chi connectivity index (χ3n) is 1.76. The summed E-state index contributed by atoms with van der Waals surface area (Å²) in [6, 6.07) is 5.09. The molecule has 0 aliphatic carbocycles. The van der Waals surface area contributed by atoms with Gasteiger partial charge in [-0.1, -0.05) is 6.07 Å². The number of halogens is 2.